The molecule has 0 aliphatic carbocycles. The number of aromatic nitrogens is 4. The summed E-state index contributed by atoms with van der Waals surface area (Å²) in [5.74, 6) is 1.26. The van der Waals surface area contributed by atoms with Crippen LogP contribution in [0.1, 0.15) is 24.1 Å². The summed E-state index contributed by atoms with van der Waals surface area (Å²) < 4.78 is 0. The summed E-state index contributed by atoms with van der Waals surface area (Å²) in [6.45, 7) is 3.26. The van der Waals surface area contributed by atoms with E-state index in [0.717, 1.165) is 71.8 Å². The molecule has 11 heteroatoms. The number of carbonyl (C=O) groups is 2. The second-order valence-corrected chi connectivity index (χ2v) is 10.9. The number of imide groups is 1. The fraction of sp³-hybridized carbons (Fsp3) is 0.241. The molecule has 1 aromatic carbocycles. The maximum absolute atomic E-state index is 11.9. The van der Waals surface area contributed by atoms with Gasteiger partial charge in [-0.05, 0) is 66.2 Å². The van der Waals surface area contributed by atoms with Crippen molar-refractivity contribution in [3.8, 4) is 11.3 Å². The summed E-state index contributed by atoms with van der Waals surface area (Å²) >= 11 is 0.884. The Morgan fingerprint density at radius 2 is 1.93 bits per heavy atom. The Kier molecular flexibility index (Phi) is 7.39. The molecule has 0 bridgehead atoms. The highest BCUT2D eigenvalue weighted by atomic mass is 32.2. The fourth-order valence-electron chi connectivity index (χ4n) is 5.08. The van der Waals surface area contributed by atoms with Gasteiger partial charge in [0.15, 0.2) is 0 Å². The molecular formula is C29H28N8O2S. The lowest BCUT2D eigenvalue weighted by molar-refractivity contribution is -0.115. The number of pyridine rings is 2. The maximum atomic E-state index is 11.9. The van der Waals surface area contributed by atoms with Crippen LogP contribution in [0.5, 0.6) is 0 Å². The summed E-state index contributed by atoms with van der Waals surface area (Å²) in [5.41, 5.74) is 9.60. The maximum Gasteiger partial charge on any atom is 0.290 e. The lowest BCUT2D eigenvalue weighted by atomic mass is 9.96. The Balaban J connectivity index is 1.07. The Hall–Kier alpha value is -4.35. The van der Waals surface area contributed by atoms with E-state index in [1.54, 1.807) is 18.3 Å². The van der Waals surface area contributed by atoms with E-state index >= 15 is 0 Å². The third-order valence-electron chi connectivity index (χ3n) is 7.15. The molecule has 0 radical (unpaired) electrons. The van der Waals surface area contributed by atoms with Crippen molar-refractivity contribution >= 4 is 51.5 Å². The number of hydrogen-bond acceptors (Lipinski definition) is 10. The predicted molar refractivity (Wildman–Crippen MR) is 157 cm³/mol. The van der Waals surface area contributed by atoms with E-state index in [1.165, 1.54) is 0 Å². The van der Waals surface area contributed by atoms with Crippen LogP contribution in [0, 0.1) is 5.92 Å². The topological polar surface area (TPSA) is 139 Å². The highest BCUT2D eigenvalue weighted by molar-refractivity contribution is 8.18. The summed E-state index contributed by atoms with van der Waals surface area (Å²) in [6, 6.07) is 13.8. The van der Waals surface area contributed by atoms with Gasteiger partial charge >= 0.3 is 0 Å². The number of thioether (sulfide) groups is 1. The van der Waals surface area contributed by atoms with Gasteiger partial charge in [-0.1, -0.05) is 30.3 Å². The fourth-order valence-corrected chi connectivity index (χ4v) is 5.75. The minimum Gasteiger partial charge on any atom is -0.384 e. The van der Waals surface area contributed by atoms with Crippen molar-refractivity contribution in [1.29, 1.82) is 0 Å². The molecule has 4 N–H and O–H groups in total. The Labute approximate surface area is 235 Å². The molecule has 10 nitrogen and oxygen atoms in total. The highest BCUT2D eigenvalue weighted by Gasteiger charge is 2.26. The molecular weight excluding hydrogens is 524 g/mol. The van der Waals surface area contributed by atoms with E-state index < -0.39 is 0 Å². The first-order chi connectivity index (χ1) is 19.5. The highest BCUT2D eigenvalue weighted by Crippen LogP contribution is 2.30. The zero-order valence-electron chi connectivity index (χ0n) is 21.7. The number of hydrogen-bond donors (Lipinski definition) is 3. The molecule has 2 fully saturated rings. The molecule has 0 unspecified atom stereocenters. The molecule has 202 valence electrons. The van der Waals surface area contributed by atoms with Gasteiger partial charge in [-0.3, -0.25) is 19.9 Å². The number of nitrogens with one attached hydrogen (secondary N) is 2. The van der Waals surface area contributed by atoms with Crippen LogP contribution in [-0.4, -0.2) is 50.7 Å². The summed E-state index contributed by atoms with van der Waals surface area (Å²) in [6.07, 6.45) is 9.05. The van der Waals surface area contributed by atoms with Crippen molar-refractivity contribution in [2.45, 2.75) is 19.4 Å². The van der Waals surface area contributed by atoms with Gasteiger partial charge in [0.05, 0.1) is 16.3 Å². The third kappa shape index (κ3) is 5.65. The van der Waals surface area contributed by atoms with E-state index in [9.17, 15) is 9.59 Å². The van der Waals surface area contributed by atoms with Crippen LogP contribution in [0.25, 0.3) is 28.1 Å². The number of benzene rings is 1. The number of amides is 2. The molecule has 3 aromatic heterocycles. The number of anilines is 2. The van der Waals surface area contributed by atoms with Gasteiger partial charge in [0, 0.05) is 49.2 Å². The monoisotopic (exact) mass is 552 g/mol. The van der Waals surface area contributed by atoms with Gasteiger partial charge in [0.25, 0.3) is 11.1 Å². The minimum absolute atomic E-state index is 0.343. The number of rotatable bonds is 7. The van der Waals surface area contributed by atoms with E-state index in [1.807, 2.05) is 36.7 Å². The average Bonchev–Trinajstić information content (AvgIpc) is 3.29. The third-order valence-corrected chi connectivity index (χ3v) is 7.97. The predicted octanol–water partition coefficient (Wildman–Crippen LogP) is 4.00. The van der Waals surface area contributed by atoms with Crippen molar-refractivity contribution in [2.24, 2.45) is 5.92 Å². The number of fused-ring (bicyclic) bond motifs is 1. The molecule has 2 amide bonds. The SMILES string of the molecule is Nc1ccc(CNCC2CCN(c3nccc(/C=C4/SC(=O)NC4=O)n3)CC2)c(-c2cncc3ccccc23)n1. The van der Waals surface area contributed by atoms with Gasteiger partial charge in [-0.25, -0.2) is 15.0 Å². The molecule has 2 aliphatic heterocycles. The molecule has 0 atom stereocenters. The second-order valence-electron chi connectivity index (χ2n) is 9.85. The molecule has 2 saturated heterocycles. The Morgan fingerprint density at radius 3 is 2.75 bits per heavy atom. The normalized spacial score (nSPS) is 17.1. The van der Waals surface area contributed by atoms with Crippen LogP contribution in [0.3, 0.4) is 0 Å². The average molecular weight is 553 g/mol. The molecule has 6 rings (SSSR count). The minimum atomic E-state index is -0.390. The molecule has 5 heterocycles. The van der Waals surface area contributed by atoms with Crippen LogP contribution >= 0.6 is 11.8 Å². The standard InChI is InChI=1S/C29H28N8O2S/c30-25-6-5-20(26(35-25)23-17-32-15-19-3-1-2-4-22(19)23)16-31-14-18-8-11-37(12-9-18)28-33-10-7-21(34-28)13-24-27(38)36-29(39)40-24/h1-7,10,13,15,17-18,31H,8-9,11-12,14,16H2,(H2,30,35)(H,36,38,39)/b24-13+. The van der Waals surface area contributed by atoms with Crippen molar-refractivity contribution in [1.82, 2.24) is 30.6 Å². The molecule has 4 aromatic rings. The van der Waals surface area contributed by atoms with Crippen LogP contribution in [-0.2, 0) is 11.3 Å². The number of nitrogen functional groups attached to an aromatic ring is 1. The smallest absolute Gasteiger partial charge is 0.290 e. The van der Waals surface area contributed by atoms with E-state index in [4.69, 9.17) is 5.73 Å². The number of nitrogens with zero attached hydrogens (tertiary/aromatic N) is 5. The van der Waals surface area contributed by atoms with Gasteiger partial charge in [-0.15, -0.1) is 0 Å². The van der Waals surface area contributed by atoms with Gasteiger partial charge < -0.3 is 16.0 Å². The van der Waals surface area contributed by atoms with Crippen molar-refractivity contribution < 1.29 is 9.59 Å². The van der Waals surface area contributed by atoms with Crippen LogP contribution in [0.2, 0.25) is 0 Å². The molecule has 2 aliphatic rings. The van der Waals surface area contributed by atoms with Crippen molar-refractivity contribution in [3.63, 3.8) is 0 Å². The first-order valence-electron chi connectivity index (χ1n) is 13.2. The molecule has 40 heavy (non-hydrogen) atoms. The Morgan fingerprint density at radius 1 is 1.07 bits per heavy atom. The largest absolute Gasteiger partial charge is 0.384 e. The van der Waals surface area contributed by atoms with Crippen LogP contribution < -0.4 is 21.3 Å². The number of nitrogens with two attached hydrogens (primary N) is 1. The summed E-state index contributed by atoms with van der Waals surface area (Å²) in [7, 11) is 0. The first kappa shape index (κ1) is 25.9. The van der Waals surface area contributed by atoms with Gasteiger partial charge in [0.1, 0.15) is 5.82 Å². The number of piperidine rings is 1. The second kappa shape index (κ2) is 11.4. The summed E-state index contributed by atoms with van der Waals surface area (Å²) in [4.78, 5) is 44.0. The number of carbonyl (C=O) groups excluding carboxylic acids is 2. The zero-order valence-corrected chi connectivity index (χ0v) is 22.5. The Bertz CT molecular complexity index is 1610. The summed E-state index contributed by atoms with van der Waals surface area (Å²) in [5, 5.41) is 7.70. The van der Waals surface area contributed by atoms with Crippen LogP contribution in [0.15, 0.2) is 66.0 Å². The first-order valence-corrected chi connectivity index (χ1v) is 14.0. The van der Waals surface area contributed by atoms with Crippen LogP contribution in [0.4, 0.5) is 16.6 Å². The molecule has 0 saturated carbocycles. The van der Waals surface area contributed by atoms with E-state index in [0.29, 0.717) is 34.8 Å². The van der Waals surface area contributed by atoms with Crippen molar-refractivity contribution in [3.05, 3.63) is 77.2 Å². The van der Waals surface area contributed by atoms with Gasteiger partial charge in [0.2, 0.25) is 5.95 Å². The lowest BCUT2D eigenvalue weighted by Crippen LogP contribution is -2.38. The quantitative estimate of drug-likeness (QED) is 0.288. The lowest BCUT2D eigenvalue weighted by Gasteiger charge is -2.32. The van der Waals surface area contributed by atoms with E-state index in [2.05, 4.69) is 47.6 Å². The van der Waals surface area contributed by atoms with Gasteiger partial charge in [-0.2, -0.15) is 0 Å². The molecule has 0 spiro atoms. The van der Waals surface area contributed by atoms with E-state index in [-0.39, 0.29) is 11.1 Å². The zero-order chi connectivity index (χ0) is 27.5. The van der Waals surface area contributed by atoms with Crippen molar-refractivity contribution in [2.75, 3.05) is 30.3 Å².